The van der Waals surface area contributed by atoms with E-state index >= 15 is 0 Å². The maximum absolute atomic E-state index is 10.8. The van der Waals surface area contributed by atoms with Gasteiger partial charge in [-0.1, -0.05) is 31.9 Å². The largest absolute Gasteiger partial charge is 0.326 e. The lowest BCUT2D eigenvalue weighted by Gasteiger charge is -2.30. The smallest absolute Gasteiger partial charge is 0.317 e. The van der Waals surface area contributed by atoms with Gasteiger partial charge in [0.05, 0.1) is 5.60 Å². The van der Waals surface area contributed by atoms with Gasteiger partial charge < -0.3 is 9.42 Å². The Hall–Kier alpha value is -0.370. The van der Waals surface area contributed by atoms with Gasteiger partial charge in [0.25, 0.3) is 0 Å². The van der Waals surface area contributed by atoms with Gasteiger partial charge in [0.15, 0.2) is 0 Å². The van der Waals surface area contributed by atoms with Crippen molar-refractivity contribution in [2.75, 3.05) is 0 Å². The Bertz CT molecular complexity index is 216. The summed E-state index contributed by atoms with van der Waals surface area (Å²) in [6, 6.07) is 0. The Kier molecular flexibility index (Phi) is 7.67. The van der Waals surface area contributed by atoms with E-state index in [1.807, 2.05) is 0 Å². The van der Waals surface area contributed by atoms with Crippen LogP contribution < -0.4 is 0 Å². The van der Waals surface area contributed by atoms with Crippen molar-refractivity contribution in [3.8, 4) is 0 Å². The Morgan fingerprint density at radius 2 is 1.93 bits per heavy atom. The summed E-state index contributed by atoms with van der Waals surface area (Å²) in [5.41, 5.74) is -0.579. The number of unbranched alkanes of at least 4 members (excludes halogenated alkanes) is 1. The summed E-state index contributed by atoms with van der Waals surface area (Å²) >= 11 is 0. The minimum atomic E-state index is -2.91. The van der Waals surface area contributed by atoms with Crippen molar-refractivity contribution in [3.05, 3.63) is 25.3 Å². The number of hydrogen-bond acceptors (Lipinski definition) is 2. The van der Waals surface area contributed by atoms with Gasteiger partial charge in [0, 0.05) is 0 Å². The zero-order valence-corrected chi connectivity index (χ0v) is 10.4. The summed E-state index contributed by atoms with van der Waals surface area (Å²) in [6.07, 6.45) is 7.38. The highest BCUT2D eigenvalue weighted by Crippen LogP contribution is 2.36. The highest BCUT2D eigenvalue weighted by Gasteiger charge is 2.29. The molecule has 1 atom stereocenters. The fourth-order valence-electron chi connectivity index (χ4n) is 1.63. The van der Waals surface area contributed by atoms with Gasteiger partial charge in [0.2, 0.25) is 0 Å². The second kappa shape index (κ2) is 7.86. The van der Waals surface area contributed by atoms with Crippen molar-refractivity contribution >= 4 is 8.25 Å². The summed E-state index contributed by atoms with van der Waals surface area (Å²) in [5, 5.41) is 0. The van der Waals surface area contributed by atoms with Gasteiger partial charge in [-0.05, 0) is 19.3 Å². The van der Waals surface area contributed by atoms with Crippen LogP contribution in [0.2, 0.25) is 0 Å². The van der Waals surface area contributed by atoms with Crippen LogP contribution in [0.3, 0.4) is 0 Å². The van der Waals surface area contributed by atoms with Crippen molar-refractivity contribution in [1.29, 1.82) is 0 Å². The molecule has 0 aromatic heterocycles. The van der Waals surface area contributed by atoms with E-state index in [9.17, 15) is 4.57 Å². The van der Waals surface area contributed by atoms with Crippen molar-refractivity contribution in [2.24, 2.45) is 0 Å². The van der Waals surface area contributed by atoms with E-state index in [1.54, 1.807) is 12.2 Å². The third-order valence-corrected chi connectivity index (χ3v) is 2.93. The predicted octanol–water partition coefficient (Wildman–Crippen LogP) is 3.47. The first-order valence-corrected chi connectivity index (χ1v) is 6.50. The van der Waals surface area contributed by atoms with Crippen molar-refractivity contribution < 1.29 is 14.0 Å². The minimum Gasteiger partial charge on any atom is -0.326 e. The molecule has 1 N–H and O–H groups in total. The molecule has 0 bridgehead atoms. The Morgan fingerprint density at radius 3 is 2.27 bits per heavy atom. The Labute approximate surface area is 92.8 Å². The summed E-state index contributed by atoms with van der Waals surface area (Å²) in [6.45, 7) is 9.39. The molecule has 4 heteroatoms. The van der Waals surface area contributed by atoms with Crippen LogP contribution in [-0.4, -0.2) is 10.5 Å². The van der Waals surface area contributed by atoms with Crippen LogP contribution >= 0.6 is 8.25 Å². The number of rotatable bonds is 9. The molecule has 0 amide bonds. The van der Waals surface area contributed by atoms with Gasteiger partial charge in [-0.2, -0.15) is 0 Å². The first-order chi connectivity index (χ1) is 7.10. The summed E-state index contributed by atoms with van der Waals surface area (Å²) < 4.78 is 16.0. The highest BCUT2D eigenvalue weighted by molar-refractivity contribution is 7.32. The molecule has 0 aromatic rings. The van der Waals surface area contributed by atoms with Crippen LogP contribution in [0.25, 0.3) is 0 Å². The molecule has 15 heavy (non-hydrogen) atoms. The number of hydrogen-bond donors (Lipinski definition) is 1. The topological polar surface area (TPSA) is 46.5 Å². The molecule has 1 unspecified atom stereocenters. The molecule has 0 aliphatic rings. The van der Waals surface area contributed by atoms with Crippen LogP contribution in [0, 0.1) is 0 Å². The lowest BCUT2D eigenvalue weighted by atomic mass is 9.90. The van der Waals surface area contributed by atoms with Gasteiger partial charge in [-0.15, -0.1) is 13.2 Å². The van der Waals surface area contributed by atoms with E-state index in [2.05, 4.69) is 20.1 Å². The lowest BCUT2D eigenvalue weighted by molar-refractivity contribution is 0.0592. The predicted molar refractivity (Wildman–Crippen MR) is 64.2 cm³/mol. The molecule has 0 saturated heterocycles. The molecule has 0 aliphatic carbocycles. The van der Waals surface area contributed by atoms with Crippen molar-refractivity contribution in [1.82, 2.24) is 0 Å². The summed E-state index contributed by atoms with van der Waals surface area (Å²) in [5.74, 6) is 0. The maximum Gasteiger partial charge on any atom is 0.317 e. The van der Waals surface area contributed by atoms with Crippen LogP contribution in [0.5, 0.6) is 0 Å². The molecule has 88 valence electrons. The summed E-state index contributed by atoms with van der Waals surface area (Å²) in [7, 11) is -2.91. The zero-order chi connectivity index (χ0) is 11.7. The van der Waals surface area contributed by atoms with Crippen LogP contribution in [0.4, 0.5) is 0 Å². The summed E-state index contributed by atoms with van der Waals surface area (Å²) in [4.78, 5) is 8.90. The molecule has 0 radical (unpaired) electrons. The quantitative estimate of drug-likeness (QED) is 0.489. The van der Waals surface area contributed by atoms with E-state index < -0.39 is 13.9 Å². The van der Waals surface area contributed by atoms with E-state index in [0.717, 1.165) is 19.3 Å². The molecule has 3 nitrogen and oxygen atoms in total. The molecule has 0 aromatic carbocycles. The average molecular weight is 232 g/mol. The Morgan fingerprint density at radius 1 is 1.40 bits per heavy atom. The fourth-order valence-corrected chi connectivity index (χ4v) is 2.27. The molecular formula is C11H21O3P. The van der Waals surface area contributed by atoms with Crippen LogP contribution in [-0.2, 0) is 9.09 Å². The van der Waals surface area contributed by atoms with Gasteiger partial charge in [-0.3, -0.25) is 4.57 Å². The van der Waals surface area contributed by atoms with Gasteiger partial charge in [-0.25, -0.2) is 0 Å². The maximum atomic E-state index is 10.8. The Balaban J connectivity index is 4.60. The normalized spacial score (nSPS) is 13.5. The first kappa shape index (κ1) is 14.6. The molecule has 0 spiro atoms. The monoisotopic (exact) mass is 232 g/mol. The molecule has 0 fully saturated rings. The van der Waals surface area contributed by atoms with Gasteiger partial charge >= 0.3 is 8.25 Å². The molecule has 0 aliphatic heterocycles. The third-order valence-electron chi connectivity index (χ3n) is 2.32. The van der Waals surface area contributed by atoms with E-state index in [1.165, 1.54) is 0 Å². The fraction of sp³-hybridized carbons (Fsp3) is 0.636. The zero-order valence-electron chi connectivity index (χ0n) is 9.37. The molecule has 0 saturated carbocycles. The second-order valence-electron chi connectivity index (χ2n) is 3.64. The van der Waals surface area contributed by atoms with Gasteiger partial charge in [0.1, 0.15) is 0 Å². The SMILES string of the molecule is C=CCC(CC=C)(CCCC)O[PH](=O)O. The average Bonchev–Trinajstić information content (AvgIpc) is 2.14. The van der Waals surface area contributed by atoms with Crippen LogP contribution in [0.15, 0.2) is 25.3 Å². The van der Waals surface area contributed by atoms with E-state index in [-0.39, 0.29) is 0 Å². The van der Waals surface area contributed by atoms with Crippen LogP contribution in [0.1, 0.15) is 39.0 Å². The second-order valence-corrected chi connectivity index (χ2v) is 4.38. The highest BCUT2D eigenvalue weighted by atomic mass is 31.1. The first-order valence-electron chi connectivity index (χ1n) is 5.24. The van der Waals surface area contributed by atoms with E-state index in [4.69, 9.17) is 9.42 Å². The van der Waals surface area contributed by atoms with E-state index in [0.29, 0.717) is 12.8 Å². The van der Waals surface area contributed by atoms with Crippen molar-refractivity contribution in [2.45, 2.75) is 44.6 Å². The molecule has 0 rings (SSSR count). The standard InChI is InChI=1S/C11H21O3P/c1-4-7-10-11(8-5-2,9-6-3)14-15(12)13/h5-6,15H,2-4,7-10H2,1H3,(H,12,13). The lowest BCUT2D eigenvalue weighted by Crippen LogP contribution is -2.29. The molecule has 0 heterocycles. The third kappa shape index (κ3) is 5.93. The van der Waals surface area contributed by atoms with Crippen molar-refractivity contribution in [3.63, 3.8) is 0 Å². The molecular weight excluding hydrogens is 211 g/mol. The minimum absolute atomic E-state index is 0.579.